The molecule has 0 radical (unpaired) electrons. The highest BCUT2D eigenvalue weighted by atomic mass is 35.5. The molecule has 8 heteroatoms. The first-order chi connectivity index (χ1) is 12.6. The Balaban J connectivity index is 2.27. The number of nitrogens with zero attached hydrogens (tertiary/aromatic N) is 3. The van der Waals surface area contributed by atoms with Gasteiger partial charge in [-0.1, -0.05) is 36.8 Å². The Morgan fingerprint density at radius 1 is 1.38 bits per heavy atom. The van der Waals surface area contributed by atoms with Gasteiger partial charge >= 0.3 is 0 Å². The van der Waals surface area contributed by atoms with Gasteiger partial charge in [0, 0.05) is 19.3 Å². The van der Waals surface area contributed by atoms with E-state index in [0.29, 0.717) is 29.4 Å². The first-order valence-electron chi connectivity index (χ1n) is 8.27. The average molecular weight is 376 g/mol. The minimum atomic E-state index is 0.0659. The fourth-order valence-electron chi connectivity index (χ4n) is 2.29. The van der Waals surface area contributed by atoms with Crippen molar-refractivity contribution in [2.45, 2.75) is 19.8 Å². The zero-order valence-corrected chi connectivity index (χ0v) is 15.5. The molecule has 2 rings (SSSR count). The van der Waals surface area contributed by atoms with E-state index in [1.807, 2.05) is 6.92 Å². The Morgan fingerprint density at radius 3 is 2.88 bits per heavy atom. The van der Waals surface area contributed by atoms with Gasteiger partial charge in [0.15, 0.2) is 5.15 Å². The number of nitrogens with two attached hydrogens (primary N) is 1. The molecule has 7 nitrogen and oxygen atoms in total. The number of aliphatic hydroxyl groups is 1. The van der Waals surface area contributed by atoms with Gasteiger partial charge in [0.2, 0.25) is 11.8 Å². The number of nitrogen functional groups attached to an aromatic ring is 1. The van der Waals surface area contributed by atoms with Crippen molar-refractivity contribution < 1.29 is 9.84 Å². The summed E-state index contributed by atoms with van der Waals surface area (Å²) in [6.07, 6.45) is 3.32. The quantitative estimate of drug-likeness (QED) is 0.503. The van der Waals surface area contributed by atoms with E-state index < -0.39 is 0 Å². The van der Waals surface area contributed by atoms with E-state index in [2.05, 4.69) is 32.1 Å². The summed E-state index contributed by atoms with van der Waals surface area (Å²) in [6, 6.07) is 3.57. The monoisotopic (exact) mass is 375 g/mol. The second-order valence-electron chi connectivity index (χ2n) is 5.58. The molecule has 26 heavy (non-hydrogen) atoms. The summed E-state index contributed by atoms with van der Waals surface area (Å²) < 4.78 is 5.19. The van der Waals surface area contributed by atoms with E-state index in [4.69, 9.17) is 22.1 Å². The zero-order chi connectivity index (χ0) is 18.9. The predicted molar refractivity (Wildman–Crippen MR) is 102 cm³/mol. The van der Waals surface area contributed by atoms with E-state index in [1.54, 1.807) is 18.3 Å². The number of ether oxygens (including phenoxy) is 1. The molecule has 0 bridgehead atoms. The van der Waals surface area contributed by atoms with Crippen LogP contribution in [0, 0.1) is 17.8 Å². The van der Waals surface area contributed by atoms with Crippen molar-refractivity contribution in [3.63, 3.8) is 0 Å². The first-order valence-corrected chi connectivity index (χ1v) is 8.65. The minimum absolute atomic E-state index is 0.0659. The summed E-state index contributed by atoms with van der Waals surface area (Å²) in [5.74, 6) is 7.14. The molecule has 138 valence electrons. The Hall–Kier alpha value is -2.56. The molecule has 1 atom stereocenters. The van der Waals surface area contributed by atoms with Crippen LogP contribution in [0.15, 0.2) is 18.3 Å². The van der Waals surface area contributed by atoms with Crippen LogP contribution in [0.4, 0.5) is 11.8 Å². The normalized spacial score (nSPS) is 11.4. The highest BCUT2D eigenvalue weighted by Gasteiger charge is 2.11. The molecular formula is C18H22ClN5O2. The van der Waals surface area contributed by atoms with E-state index in [0.717, 1.165) is 12.8 Å². The summed E-state index contributed by atoms with van der Waals surface area (Å²) in [6.45, 7) is 2.80. The van der Waals surface area contributed by atoms with Gasteiger partial charge in [0.1, 0.15) is 11.4 Å². The molecule has 4 N–H and O–H groups in total. The average Bonchev–Trinajstić information content (AvgIpc) is 2.64. The van der Waals surface area contributed by atoms with Crippen molar-refractivity contribution in [2.75, 3.05) is 31.3 Å². The van der Waals surface area contributed by atoms with E-state index in [-0.39, 0.29) is 23.6 Å². The van der Waals surface area contributed by atoms with Crippen LogP contribution >= 0.6 is 11.6 Å². The molecule has 0 aliphatic carbocycles. The van der Waals surface area contributed by atoms with Crippen molar-refractivity contribution in [1.82, 2.24) is 15.0 Å². The van der Waals surface area contributed by atoms with Crippen LogP contribution in [0.25, 0.3) is 0 Å². The number of nitrogens with one attached hydrogen (secondary N) is 1. The third-order valence-corrected chi connectivity index (χ3v) is 4.12. The summed E-state index contributed by atoms with van der Waals surface area (Å²) in [4.78, 5) is 12.3. The second kappa shape index (κ2) is 9.80. The molecule has 0 aliphatic heterocycles. The molecule has 0 spiro atoms. The minimum Gasteiger partial charge on any atom is -0.480 e. The summed E-state index contributed by atoms with van der Waals surface area (Å²) in [7, 11) is 1.53. The van der Waals surface area contributed by atoms with Crippen molar-refractivity contribution in [3.8, 4) is 17.7 Å². The van der Waals surface area contributed by atoms with E-state index >= 15 is 0 Å². The number of pyridine rings is 1. The fourth-order valence-corrected chi connectivity index (χ4v) is 2.51. The van der Waals surface area contributed by atoms with Gasteiger partial charge < -0.3 is 20.9 Å². The van der Waals surface area contributed by atoms with Crippen molar-refractivity contribution in [2.24, 2.45) is 5.92 Å². The number of aromatic nitrogens is 3. The fraction of sp³-hybridized carbons (Fsp3) is 0.389. The molecule has 1 unspecified atom stereocenters. The topological polar surface area (TPSA) is 106 Å². The maximum atomic E-state index is 9.29. The molecule has 2 aromatic rings. The van der Waals surface area contributed by atoms with E-state index in [9.17, 15) is 5.11 Å². The molecular weight excluding hydrogens is 354 g/mol. The number of halogens is 1. The Morgan fingerprint density at radius 2 is 2.19 bits per heavy atom. The van der Waals surface area contributed by atoms with Gasteiger partial charge in [-0.3, -0.25) is 0 Å². The molecule has 2 aromatic heterocycles. The van der Waals surface area contributed by atoms with Crippen LogP contribution in [0.3, 0.4) is 0 Å². The number of rotatable bonds is 7. The highest BCUT2D eigenvalue weighted by molar-refractivity contribution is 6.31. The van der Waals surface area contributed by atoms with Gasteiger partial charge in [-0.15, -0.1) is 0 Å². The number of hydrogen-bond donors (Lipinski definition) is 3. The van der Waals surface area contributed by atoms with Crippen LogP contribution in [0.1, 0.15) is 30.9 Å². The van der Waals surface area contributed by atoms with Crippen molar-refractivity contribution >= 4 is 23.4 Å². The SMILES string of the molecule is CCC(CO)CCNc1nc(N)nc(Cl)c1C#Cc1cccnc1OC. The largest absolute Gasteiger partial charge is 0.480 e. The van der Waals surface area contributed by atoms with Crippen LogP contribution in [-0.2, 0) is 0 Å². The lowest BCUT2D eigenvalue weighted by atomic mass is 10.0. The van der Waals surface area contributed by atoms with Gasteiger partial charge in [-0.25, -0.2) is 4.98 Å². The number of anilines is 2. The number of hydrogen-bond acceptors (Lipinski definition) is 7. The Bertz CT molecular complexity index is 800. The summed E-state index contributed by atoms with van der Waals surface area (Å²) in [5.41, 5.74) is 6.77. The predicted octanol–water partition coefficient (Wildman–Crippen LogP) is 2.34. The third-order valence-electron chi connectivity index (χ3n) is 3.85. The highest BCUT2D eigenvalue weighted by Crippen LogP contribution is 2.22. The zero-order valence-electron chi connectivity index (χ0n) is 14.8. The molecule has 0 aliphatic rings. The molecule has 0 saturated heterocycles. The lowest BCUT2D eigenvalue weighted by molar-refractivity contribution is 0.217. The molecule has 0 aromatic carbocycles. The maximum absolute atomic E-state index is 9.29. The number of aliphatic hydroxyl groups excluding tert-OH is 1. The van der Waals surface area contributed by atoms with E-state index in [1.165, 1.54) is 7.11 Å². The summed E-state index contributed by atoms with van der Waals surface area (Å²) >= 11 is 6.21. The lowest BCUT2D eigenvalue weighted by Gasteiger charge is -2.13. The van der Waals surface area contributed by atoms with Crippen LogP contribution in [0.5, 0.6) is 5.88 Å². The number of methoxy groups -OCH3 is 1. The van der Waals surface area contributed by atoms with Gasteiger partial charge in [0.05, 0.1) is 12.7 Å². The van der Waals surface area contributed by atoms with Crippen molar-refractivity contribution in [3.05, 3.63) is 34.6 Å². The molecule has 0 amide bonds. The molecule has 0 fully saturated rings. The molecule has 0 saturated carbocycles. The third kappa shape index (κ3) is 5.22. The van der Waals surface area contributed by atoms with Gasteiger partial charge in [-0.2, -0.15) is 9.97 Å². The summed E-state index contributed by atoms with van der Waals surface area (Å²) in [5, 5.41) is 12.6. The van der Waals surface area contributed by atoms with Gasteiger partial charge in [-0.05, 0) is 24.5 Å². The van der Waals surface area contributed by atoms with Crippen LogP contribution in [-0.4, -0.2) is 40.3 Å². The lowest BCUT2D eigenvalue weighted by Crippen LogP contribution is -2.14. The van der Waals surface area contributed by atoms with Crippen LogP contribution < -0.4 is 15.8 Å². The second-order valence-corrected chi connectivity index (χ2v) is 5.94. The maximum Gasteiger partial charge on any atom is 0.229 e. The first kappa shape index (κ1) is 19.8. The van der Waals surface area contributed by atoms with Gasteiger partial charge in [0.25, 0.3) is 0 Å². The standard InChI is InChI=1S/C18H22ClN5O2/c1-3-12(11-25)8-10-21-16-14(15(19)23-18(20)24-16)7-6-13-5-4-9-22-17(13)26-2/h4-5,9,12,25H,3,8,10-11H2,1-2H3,(H3,20,21,23,24). The Labute approximate surface area is 158 Å². The smallest absolute Gasteiger partial charge is 0.229 e. The molecule has 2 heterocycles. The van der Waals surface area contributed by atoms with Crippen LogP contribution in [0.2, 0.25) is 5.15 Å². The van der Waals surface area contributed by atoms with Crippen molar-refractivity contribution in [1.29, 1.82) is 0 Å². The Kier molecular flexibility index (Phi) is 7.45.